The molecule has 4 nitrogen and oxygen atoms in total. The first-order valence-electron chi connectivity index (χ1n) is 4.67. The summed E-state index contributed by atoms with van der Waals surface area (Å²) in [5, 5.41) is 8.60. The Kier molecular flexibility index (Phi) is 5.00. The van der Waals surface area contributed by atoms with Gasteiger partial charge < -0.3 is 9.84 Å². The summed E-state index contributed by atoms with van der Waals surface area (Å²) in [5.74, 6) is -0.401. The fraction of sp³-hybridized carbons (Fsp3) is 0.400. The summed E-state index contributed by atoms with van der Waals surface area (Å²) in [5.41, 5.74) is 1.95. The second kappa shape index (κ2) is 6.31. The first-order chi connectivity index (χ1) is 7.29. The Bertz CT molecular complexity index is 346. The third kappa shape index (κ3) is 3.45. The lowest BCUT2D eigenvalue weighted by atomic mass is 10.3. The molecule has 0 saturated carbocycles. The van der Waals surface area contributed by atoms with Gasteiger partial charge in [0.1, 0.15) is 0 Å². The van der Waals surface area contributed by atoms with Crippen LogP contribution >= 0.6 is 11.3 Å². The van der Waals surface area contributed by atoms with E-state index in [0.717, 1.165) is 4.88 Å². The lowest BCUT2D eigenvalue weighted by Crippen LogP contribution is -2.06. The molecule has 1 N–H and O–H groups in total. The van der Waals surface area contributed by atoms with Crippen LogP contribution in [-0.2, 0) is 4.74 Å². The minimum Gasteiger partial charge on any atom is -0.461 e. The highest BCUT2D eigenvalue weighted by molar-refractivity contribution is 7.10. The Balaban J connectivity index is 2.73. The number of esters is 1. The Morgan fingerprint density at radius 2 is 2.53 bits per heavy atom. The smallest absolute Gasteiger partial charge is 0.358 e. The van der Waals surface area contributed by atoms with Crippen LogP contribution < -0.4 is 0 Å². The minimum atomic E-state index is -0.401. The molecule has 0 fully saturated rings. The van der Waals surface area contributed by atoms with Crippen LogP contribution in [0.2, 0.25) is 0 Å². The number of thiazole rings is 1. The quantitative estimate of drug-likeness (QED) is 0.778. The molecule has 1 heterocycles. The van der Waals surface area contributed by atoms with E-state index >= 15 is 0 Å². The highest BCUT2D eigenvalue weighted by atomic mass is 32.1. The van der Waals surface area contributed by atoms with Crippen LogP contribution in [0.4, 0.5) is 0 Å². The molecule has 0 aromatic carbocycles. The number of aromatic nitrogens is 1. The predicted octanol–water partition coefficient (Wildman–Crippen LogP) is 1.72. The molecule has 0 bridgehead atoms. The van der Waals surface area contributed by atoms with Crippen molar-refractivity contribution in [2.24, 2.45) is 0 Å². The number of aliphatic hydroxyl groups excluding tert-OH is 1. The zero-order valence-electron chi connectivity index (χ0n) is 8.47. The molecule has 0 radical (unpaired) electrons. The fourth-order valence-electron chi connectivity index (χ4n) is 0.991. The molecule has 15 heavy (non-hydrogen) atoms. The van der Waals surface area contributed by atoms with E-state index in [2.05, 4.69) is 4.98 Å². The molecular formula is C10H13NO3S. The Hall–Kier alpha value is -1.20. The summed E-state index contributed by atoms with van der Waals surface area (Å²) in [6.07, 6.45) is 4.15. The van der Waals surface area contributed by atoms with Crippen LogP contribution in [0, 0.1) is 0 Å². The molecule has 5 heteroatoms. The molecule has 1 rings (SSSR count). The molecule has 82 valence electrons. The van der Waals surface area contributed by atoms with Gasteiger partial charge in [0, 0.05) is 6.61 Å². The number of nitrogens with zero attached hydrogens (tertiary/aromatic N) is 1. The number of carbonyl (C=O) groups is 1. The summed E-state index contributed by atoms with van der Waals surface area (Å²) >= 11 is 1.37. The van der Waals surface area contributed by atoms with Gasteiger partial charge in [0.25, 0.3) is 0 Å². The molecule has 0 atom stereocenters. The highest BCUT2D eigenvalue weighted by Gasteiger charge is 2.13. The van der Waals surface area contributed by atoms with Crippen molar-refractivity contribution in [3.63, 3.8) is 0 Å². The van der Waals surface area contributed by atoms with E-state index in [1.165, 1.54) is 11.3 Å². The van der Waals surface area contributed by atoms with E-state index in [0.29, 0.717) is 18.7 Å². The summed E-state index contributed by atoms with van der Waals surface area (Å²) in [4.78, 5) is 16.1. The van der Waals surface area contributed by atoms with Crippen LogP contribution in [0.15, 0.2) is 11.6 Å². The largest absolute Gasteiger partial charge is 0.461 e. The first kappa shape index (κ1) is 11.9. The molecule has 0 saturated heterocycles. The van der Waals surface area contributed by atoms with Gasteiger partial charge in [-0.2, -0.15) is 0 Å². The zero-order valence-corrected chi connectivity index (χ0v) is 9.29. The zero-order chi connectivity index (χ0) is 11.1. The van der Waals surface area contributed by atoms with Gasteiger partial charge in [-0.25, -0.2) is 9.78 Å². The predicted molar refractivity (Wildman–Crippen MR) is 58.8 cm³/mol. The maximum atomic E-state index is 11.4. The second-order valence-electron chi connectivity index (χ2n) is 2.70. The van der Waals surface area contributed by atoms with Crippen LogP contribution in [-0.4, -0.2) is 29.3 Å². The van der Waals surface area contributed by atoms with Crippen molar-refractivity contribution in [1.82, 2.24) is 4.98 Å². The molecule has 1 aromatic rings. The average molecular weight is 227 g/mol. The number of hydrogen-bond acceptors (Lipinski definition) is 5. The topological polar surface area (TPSA) is 59.4 Å². The molecule has 0 aliphatic carbocycles. The van der Waals surface area contributed by atoms with Gasteiger partial charge in [-0.1, -0.05) is 6.08 Å². The van der Waals surface area contributed by atoms with Crippen LogP contribution in [0.3, 0.4) is 0 Å². The van der Waals surface area contributed by atoms with Crippen molar-refractivity contribution in [3.8, 4) is 0 Å². The second-order valence-corrected chi connectivity index (χ2v) is 3.59. The van der Waals surface area contributed by atoms with Gasteiger partial charge in [-0.15, -0.1) is 11.3 Å². The molecule has 0 amide bonds. The first-order valence-corrected chi connectivity index (χ1v) is 5.55. The summed E-state index contributed by atoms with van der Waals surface area (Å²) in [6.45, 7) is 2.20. The van der Waals surface area contributed by atoms with E-state index in [1.54, 1.807) is 24.6 Å². The monoisotopic (exact) mass is 227 g/mol. The summed E-state index contributed by atoms with van der Waals surface area (Å²) < 4.78 is 4.86. The molecule has 0 spiro atoms. The number of hydrogen-bond donors (Lipinski definition) is 1. The van der Waals surface area contributed by atoms with Crippen molar-refractivity contribution in [2.75, 3.05) is 13.2 Å². The van der Waals surface area contributed by atoms with Crippen molar-refractivity contribution in [2.45, 2.75) is 13.3 Å². The maximum Gasteiger partial charge on any atom is 0.358 e. The van der Waals surface area contributed by atoms with Crippen LogP contribution in [0.25, 0.3) is 6.08 Å². The Labute approximate surface area is 92.2 Å². The van der Waals surface area contributed by atoms with Crippen LogP contribution in [0.5, 0.6) is 0 Å². The Morgan fingerprint density at radius 3 is 3.20 bits per heavy atom. The number of ether oxygens (including phenoxy) is 1. The third-order valence-corrected chi connectivity index (χ3v) is 2.42. The molecule has 1 aromatic heterocycles. The van der Waals surface area contributed by atoms with Crippen molar-refractivity contribution >= 4 is 23.4 Å². The van der Waals surface area contributed by atoms with E-state index in [4.69, 9.17) is 9.84 Å². The SMILES string of the molecule is CCOC(=O)c1ncsc1C=CCCO. The molecule has 0 aliphatic heterocycles. The molecule has 0 unspecified atom stereocenters. The van der Waals surface area contributed by atoms with Gasteiger partial charge >= 0.3 is 5.97 Å². The number of rotatable bonds is 5. The highest BCUT2D eigenvalue weighted by Crippen LogP contribution is 2.16. The van der Waals surface area contributed by atoms with Crippen molar-refractivity contribution in [3.05, 3.63) is 22.2 Å². The normalized spacial score (nSPS) is 10.8. The van der Waals surface area contributed by atoms with Gasteiger partial charge in [-0.3, -0.25) is 0 Å². The van der Waals surface area contributed by atoms with E-state index in [1.807, 2.05) is 0 Å². The van der Waals surface area contributed by atoms with Gasteiger partial charge in [0.15, 0.2) is 5.69 Å². The lowest BCUT2D eigenvalue weighted by Gasteiger charge is -1.98. The van der Waals surface area contributed by atoms with Gasteiger partial charge in [0.2, 0.25) is 0 Å². The average Bonchev–Trinajstić information content (AvgIpc) is 2.67. The van der Waals surface area contributed by atoms with Crippen molar-refractivity contribution in [1.29, 1.82) is 0 Å². The van der Waals surface area contributed by atoms with Crippen molar-refractivity contribution < 1.29 is 14.6 Å². The van der Waals surface area contributed by atoms with E-state index < -0.39 is 5.97 Å². The number of aliphatic hydroxyl groups is 1. The third-order valence-electron chi connectivity index (χ3n) is 1.63. The molecule has 0 aliphatic rings. The van der Waals surface area contributed by atoms with Gasteiger partial charge in [0.05, 0.1) is 17.0 Å². The van der Waals surface area contributed by atoms with Crippen LogP contribution in [0.1, 0.15) is 28.7 Å². The fourth-order valence-corrected chi connectivity index (χ4v) is 1.69. The Morgan fingerprint density at radius 1 is 1.73 bits per heavy atom. The number of carbonyl (C=O) groups excluding carboxylic acids is 1. The lowest BCUT2D eigenvalue weighted by molar-refractivity contribution is 0.0520. The standard InChI is InChI=1S/C10H13NO3S/c1-2-14-10(13)9-8(15-7-11-9)5-3-4-6-12/h3,5,7,12H,2,4,6H2,1H3. The van der Waals surface area contributed by atoms with E-state index in [-0.39, 0.29) is 6.61 Å². The summed E-state index contributed by atoms with van der Waals surface area (Å²) in [7, 11) is 0. The summed E-state index contributed by atoms with van der Waals surface area (Å²) in [6, 6.07) is 0. The molecular weight excluding hydrogens is 214 g/mol. The van der Waals surface area contributed by atoms with E-state index in [9.17, 15) is 4.79 Å². The maximum absolute atomic E-state index is 11.4. The van der Waals surface area contributed by atoms with Gasteiger partial charge in [-0.05, 0) is 19.4 Å². The minimum absolute atomic E-state index is 0.101.